The summed E-state index contributed by atoms with van der Waals surface area (Å²) < 4.78 is 26.1. The number of hydrogen-bond donors (Lipinski definition) is 2. The highest BCUT2D eigenvalue weighted by Gasteiger charge is 2.12. The molecule has 2 N–H and O–H groups in total. The SMILES string of the molecule is Cc1[nH]c2c(F)cc(F)cc2c1CO. The van der Waals surface area contributed by atoms with Crippen molar-refractivity contribution in [2.75, 3.05) is 0 Å². The summed E-state index contributed by atoms with van der Waals surface area (Å²) in [6.45, 7) is 1.48. The molecule has 0 fully saturated rings. The van der Waals surface area contributed by atoms with Crippen molar-refractivity contribution in [3.63, 3.8) is 0 Å². The van der Waals surface area contributed by atoms with Gasteiger partial charge in [0.15, 0.2) is 0 Å². The van der Waals surface area contributed by atoms with Crippen LogP contribution in [0.15, 0.2) is 12.1 Å². The molecule has 0 saturated heterocycles. The molecule has 74 valence electrons. The van der Waals surface area contributed by atoms with Crippen LogP contribution in [0.2, 0.25) is 0 Å². The van der Waals surface area contributed by atoms with E-state index in [1.807, 2.05) is 0 Å². The van der Waals surface area contributed by atoms with Gasteiger partial charge < -0.3 is 10.1 Å². The van der Waals surface area contributed by atoms with E-state index in [2.05, 4.69) is 4.98 Å². The molecule has 0 spiro atoms. The summed E-state index contributed by atoms with van der Waals surface area (Å²) in [5.41, 5.74) is 1.44. The molecule has 1 aromatic carbocycles. The van der Waals surface area contributed by atoms with Gasteiger partial charge in [0, 0.05) is 22.7 Å². The number of aryl methyl sites for hydroxylation is 1. The average Bonchev–Trinajstić information content (AvgIpc) is 2.41. The van der Waals surface area contributed by atoms with Crippen molar-refractivity contribution in [3.05, 3.63) is 35.0 Å². The van der Waals surface area contributed by atoms with E-state index in [-0.39, 0.29) is 12.1 Å². The van der Waals surface area contributed by atoms with Gasteiger partial charge in [0.05, 0.1) is 12.1 Å². The highest BCUT2D eigenvalue weighted by Crippen LogP contribution is 2.25. The monoisotopic (exact) mass is 197 g/mol. The van der Waals surface area contributed by atoms with Crippen LogP contribution < -0.4 is 0 Å². The standard InChI is InChI=1S/C10H9F2NO/c1-5-8(4-14)7-2-6(11)3-9(12)10(7)13-5/h2-3,13-14H,4H2,1H3. The lowest BCUT2D eigenvalue weighted by Gasteiger charge is -1.96. The van der Waals surface area contributed by atoms with Gasteiger partial charge in [-0.15, -0.1) is 0 Å². The zero-order valence-electron chi connectivity index (χ0n) is 7.56. The fraction of sp³-hybridized carbons (Fsp3) is 0.200. The van der Waals surface area contributed by atoms with E-state index in [1.165, 1.54) is 6.07 Å². The lowest BCUT2D eigenvalue weighted by Crippen LogP contribution is -1.85. The first-order chi connectivity index (χ1) is 6.63. The zero-order chi connectivity index (χ0) is 10.3. The van der Waals surface area contributed by atoms with Gasteiger partial charge in [-0.3, -0.25) is 0 Å². The molecular weight excluding hydrogens is 188 g/mol. The molecule has 4 heteroatoms. The van der Waals surface area contributed by atoms with Crippen molar-refractivity contribution in [1.29, 1.82) is 0 Å². The van der Waals surface area contributed by atoms with E-state index < -0.39 is 11.6 Å². The molecular formula is C10H9F2NO. The summed E-state index contributed by atoms with van der Waals surface area (Å²) in [7, 11) is 0. The van der Waals surface area contributed by atoms with Gasteiger partial charge >= 0.3 is 0 Å². The molecule has 14 heavy (non-hydrogen) atoms. The first-order valence-corrected chi connectivity index (χ1v) is 4.20. The van der Waals surface area contributed by atoms with Gasteiger partial charge in [0.2, 0.25) is 0 Å². The smallest absolute Gasteiger partial charge is 0.150 e. The van der Waals surface area contributed by atoms with Gasteiger partial charge in [-0.05, 0) is 13.0 Å². The topological polar surface area (TPSA) is 36.0 Å². The Morgan fingerprint density at radius 2 is 2.07 bits per heavy atom. The second kappa shape index (κ2) is 3.06. The second-order valence-corrected chi connectivity index (χ2v) is 3.20. The van der Waals surface area contributed by atoms with Crippen LogP contribution in [0.3, 0.4) is 0 Å². The molecule has 1 aromatic heterocycles. The van der Waals surface area contributed by atoms with Gasteiger partial charge in [-0.2, -0.15) is 0 Å². The first kappa shape index (κ1) is 9.15. The van der Waals surface area contributed by atoms with Crippen molar-refractivity contribution in [3.8, 4) is 0 Å². The van der Waals surface area contributed by atoms with Crippen molar-refractivity contribution >= 4 is 10.9 Å². The third-order valence-corrected chi connectivity index (χ3v) is 2.30. The molecule has 0 amide bonds. The Kier molecular flexibility index (Phi) is 2.00. The van der Waals surface area contributed by atoms with Crippen LogP contribution in [0.4, 0.5) is 8.78 Å². The van der Waals surface area contributed by atoms with Crippen molar-refractivity contribution in [1.82, 2.24) is 4.98 Å². The quantitative estimate of drug-likeness (QED) is 0.722. The lowest BCUT2D eigenvalue weighted by atomic mass is 10.1. The first-order valence-electron chi connectivity index (χ1n) is 4.20. The molecule has 0 aliphatic rings. The summed E-state index contributed by atoms with van der Waals surface area (Å²) in [4.78, 5) is 2.77. The van der Waals surface area contributed by atoms with Crippen LogP contribution in [0.5, 0.6) is 0 Å². The fourth-order valence-corrected chi connectivity index (χ4v) is 1.61. The van der Waals surface area contributed by atoms with Crippen molar-refractivity contribution in [2.24, 2.45) is 0 Å². The Hall–Kier alpha value is -1.42. The summed E-state index contributed by atoms with van der Waals surface area (Å²) >= 11 is 0. The number of hydrogen-bond acceptors (Lipinski definition) is 1. The number of benzene rings is 1. The van der Waals surface area contributed by atoms with E-state index >= 15 is 0 Å². The molecule has 1 heterocycles. The van der Waals surface area contributed by atoms with Gasteiger partial charge in [0.25, 0.3) is 0 Å². The predicted octanol–water partition coefficient (Wildman–Crippen LogP) is 2.25. The third kappa shape index (κ3) is 1.19. The van der Waals surface area contributed by atoms with Crippen LogP contribution >= 0.6 is 0 Å². The highest BCUT2D eigenvalue weighted by atomic mass is 19.1. The van der Waals surface area contributed by atoms with E-state index in [4.69, 9.17) is 5.11 Å². The minimum Gasteiger partial charge on any atom is -0.392 e. The number of aliphatic hydroxyl groups is 1. The molecule has 0 atom stereocenters. The van der Waals surface area contributed by atoms with Crippen LogP contribution in [-0.4, -0.2) is 10.1 Å². The number of rotatable bonds is 1. The molecule has 2 aromatic rings. The molecule has 2 nitrogen and oxygen atoms in total. The summed E-state index contributed by atoms with van der Waals surface area (Å²) in [5, 5.41) is 9.43. The van der Waals surface area contributed by atoms with Crippen LogP contribution in [-0.2, 0) is 6.61 Å². The number of aliphatic hydroxyl groups excluding tert-OH is 1. The van der Waals surface area contributed by atoms with Crippen LogP contribution in [0, 0.1) is 18.6 Å². The molecule has 0 radical (unpaired) electrons. The van der Waals surface area contributed by atoms with E-state index in [0.29, 0.717) is 16.6 Å². The number of nitrogens with one attached hydrogen (secondary N) is 1. The van der Waals surface area contributed by atoms with Crippen LogP contribution in [0.1, 0.15) is 11.3 Å². The van der Waals surface area contributed by atoms with Crippen molar-refractivity contribution < 1.29 is 13.9 Å². The molecule has 0 saturated carbocycles. The zero-order valence-corrected chi connectivity index (χ0v) is 7.56. The second-order valence-electron chi connectivity index (χ2n) is 3.20. The minimum atomic E-state index is -0.636. The summed E-state index contributed by atoms with van der Waals surface area (Å²) in [6.07, 6.45) is 0. The predicted molar refractivity (Wildman–Crippen MR) is 48.9 cm³/mol. The Morgan fingerprint density at radius 1 is 1.36 bits per heavy atom. The maximum atomic E-state index is 13.2. The maximum Gasteiger partial charge on any atom is 0.150 e. The number of aromatic amines is 1. The molecule has 2 rings (SSSR count). The van der Waals surface area contributed by atoms with Gasteiger partial charge in [0.1, 0.15) is 11.6 Å². The Balaban J connectivity index is 2.87. The van der Waals surface area contributed by atoms with E-state index in [9.17, 15) is 8.78 Å². The van der Waals surface area contributed by atoms with Crippen LogP contribution in [0.25, 0.3) is 10.9 Å². The van der Waals surface area contributed by atoms with Crippen molar-refractivity contribution in [2.45, 2.75) is 13.5 Å². The van der Waals surface area contributed by atoms with Gasteiger partial charge in [-0.25, -0.2) is 8.78 Å². The van der Waals surface area contributed by atoms with E-state index in [1.54, 1.807) is 6.92 Å². The largest absolute Gasteiger partial charge is 0.392 e. The minimum absolute atomic E-state index is 0.227. The molecule has 0 aliphatic heterocycles. The number of H-pyrrole nitrogens is 1. The lowest BCUT2D eigenvalue weighted by molar-refractivity contribution is 0.282. The number of halogens is 2. The summed E-state index contributed by atoms with van der Waals surface area (Å²) in [6, 6.07) is 2.03. The Morgan fingerprint density at radius 3 is 2.71 bits per heavy atom. The Bertz CT molecular complexity index is 490. The van der Waals surface area contributed by atoms with E-state index in [0.717, 1.165) is 6.07 Å². The molecule has 0 unspecified atom stereocenters. The number of fused-ring (bicyclic) bond motifs is 1. The average molecular weight is 197 g/mol. The number of aromatic nitrogens is 1. The summed E-state index contributed by atoms with van der Waals surface area (Å²) in [5.74, 6) is -1.27. The fourth-order valence-electron chi connectivity index (χ4n) is 1.61. The Labute approximate surface area is 79.2 Å². The molecule has 0 bridgehead atoms. The highest BCUT2D eigenvalue weighted by molar-refractivity contribution is 5.85. The van der Waals surface area contributed by atoms with Gasteiger partial charge in [-0.1, -0.05) is 0 Å². The molecule has 0 aliphatic carbocycles. The normalized spacial score (nSPS) is 11.1. The maximum absolute atomic E-state index is 13.2. The third-order valence-electron chi connectivity index (χ3n) is 2.30.